The zero-order chi connectivity index (χ0) is 14.1. The Hall–Kier alpha value is -2.13. The first-order valence-electron chi connectivity index (χ1n) is 7.01. The van der Waals surface area contributed by atoms with E-state index in [1.807, 2.05) is 18.2 Å². The van der Waals surface area contributed by atoms with Crippen LogP contribution in [0.5, 0.6) is 0 Å². The van der Waals surface area contributed by atoms with Crippen molar-refractivity contribution in [3.05, 3.63) is 53.6 Å². The highest BCUT2D eigenvalue weighted by Gasteiger charge is 2.17. The minimum Gasteiger partial charge on any atom is -0.324 e. The average Bonchev–Trinajstić information content (AvgIpc) is 2.91. The molecule has 3 N–H and O–H groups in total. The van der Waals surface area contributed by atoms with Gasteiger partial charge in [-0.05, 0) is 30.5 Å². The standard InChI is InChI=1S/C17H19N3/c1-3-13(18)15-11(2)9-10-14-16(15)17(20-19-14)12-7-5-4-6-8-12/h4-10,13H,3,18H2,1-2H3,(H,19,20). The van der Waals surface area contributed by atoms with Crippen molar-refractivity contribution in [3.63, 3.8) is 0 Å². The molecule has 0 amide bonds. The van der Waals surface area contributed by atoms with E-state index in [0.717, 1.165) is 28.6 Å². The Morgan fingerprint density at radius 1 is 1.15 bits per heavy atom. The molecular weight excluding hydrogens is 246 g/mol. The van der Waals surface area contributed by atoms with E-state index in [-0.39, 0.29) is 6.04 Å². The molecule has 3 nitrogen and oxygen atoms in total. The fourth-order valence-corrected chi connectivity index (χ4v) is 2.73. The Labute approximate surface area is 118 Å². The van der Waals surface area contributed by atoms with Crippen LogP contribution in [0.25, 0.3) is 22.2 Å². The van der Waals surface area contributed by atoms with Gasteiger partial charge in [-0.15, -0.1) is 0 Å². The maximum absolute atomic E-state index is 6.33. The lowest BCUT2D eigenvalue weighted by Crippen LogP contribution is -2.11. The molecule has 1 unspecified atom stereocenters. The first kappa shape index (κ1) is 12.9. The van der Waals surface area contributed by atoms with Gasteiger partial charge in [-0.2, -0.15) is 5.10 Å². The molecule has 3 aromatic rings. The molecular formula is C17H19N3. The second-order valence-corrected chi connectivity index (χ2v) is 5.17. The zero-order valence-corrected chi connectivity index (χ0v) is 11.9. The van der Waals surface area contributed by atoms with Crippen LogP contribution in [0.3, 0.4) is 0 Å². The Morgan fingerprint density at radius 2 is 1.90 bits per heavy atom. The van der Waals surface area contributed by atoms with E-state index in [1.54, 1.807) is 0 Å². The summed E-state index contributed by atoms with van der Waals surface area (Å²) in [6.45, 7) is 4.23. The van der Waals surface area contributed by atoms with E-state index in [9.17, 15) is 0 Å². The van der Waals surface area contributed by atoms with Crippen LogP contribution in [0.1, 0.15) is 30.5 Å². The van der Waals surface area contributed by atoms with Gasteiger partial charge in [-0.3, -0.25) is 5.10 Å². The van der Waals surface area contributed by atoms with E-state index < -0.39 is 0 Å². The van der Waals surface area contributed by atoms with Crippen LogP contribution >= 0.6 is 0 Å². The van der Waals surface area contributed by atoms with E-state index in [1.165, 1.54) is 11.1 Å². The summed E-state index contributed by atoms with van der Waals surface area (Å²) in [5.41, 5.74) is 11.9. The summed E-state index contributed by atoms with van der Waals surface area (Å²) >= 11 is 0. The molecule has 0 radical (unpaired) electrons. The minimum absolute atomic E-state index is 0.0405. The molecule has 0 saturated carbocycles. The molecule has 1 atom stereocenters. The van der Waals surface area contributed by atoms with Crippen LogP contribution in [-0.2, 0) is 0 Å². The Kier molecular flexibility index (Phi) is 3.28. The largest absolute Gasteiger partial charge is 0.324 e. The molecule has 2 aromatic carbocycles. The number of aromatic nitrogens is 2. The SMILES string of the molecule is CCC(N)c1c(C)ccc2[nH]nc(-c3ccccc3)c12. The predicted octanol–water partition coefficient (Wildman–Crippen LogP) is 3.95. The van der Waals surface area contributed by atoms with Gasteiger partial charge in [0.1, 0.15) is 5.69 Å². The highest BCUT2D eigenvalue weighted by molar-refractivity contribution is 5.96. The Morgan fingerprint density at radius 3 is 2.60 bits per heavy atom. The third kappa shape index (κ3) is 2.00. The smallest absolute Gasteiger partial charge is 0.100 e. The van der Waals surface area contributed by atoms with Crippen LogP contribution in [0, 0.1) is 6.92 Å². The van der Waals surface area contributed by atoms with Crippen molar-refractivity contribution in [3.8, 4) is 11.3 Å². The molecule has 0 aliphatic carbocycles. The van der Waals surface area contributed by atoms with Crippen molar-refractivity contribution in [1.82, 2.24) is 10.2 Å². The molecule has 0 bridgehead atoms. The second-order valence-electron chi connectivity index (χ2n) is 5.17. The van der Waals surface area contributed by atoms with Crippen LogP contribution in [0.4, 0.5) is 0 Å². The Balaban J connectivity index is 2.32. The molecule has 3 rings (SSSR count). The molecule has 102 valence electrons. The normalized spacial score (nSPS) is 12.8. The predicted molar refractivity (Wildman–Crippen MR) is 83.5 cm³/mol. The van der Waals surface area contributed by atoms with Gasteiger partial charge in [0.25, 0.3) is 0 Å². The first-order chi connectivity index (χ1) is 9.72. The van der Waals surface area contributed by atoms with Gasteiger partial charge in [0.2, 0.25) is 0 Å². The second kappa shape index (κ2) is 5.10. The highest BCUT2D eigenvalue weighted by atomic mass is 15.1. The highest BCUT2D eigenvalue weighted by Crippen LogP contribution is 2.34. The maximum atomic E-state index is 6.33. The van der Waals surface area contributed by atoms with Crippen LogP contribution < -0.4 is 5.73 Å². The average molecular weight is 265 g/mol. The molecule has 1 heterocycles. The summed E-state index contributed by atoms with van der Waals surface area (Å²) in [7, 11) is 0. The summed E-state index contributed by atoms with van der Waals surface area (Å²) in [6, 6.07) is 14.5. The van der Waals surface area contributed by atoms with E-state index in [2.05, 4.69) is 48.3 Å². The van der Waals surface area contributed by atoms with Gasteiger partial charge < -0.3 is 5.73 Å². The third-order valence-electron chi connectivity index (χ3n) is 3.85. The van der Waals surface area contributed by atoms with Crippen molar-refractivity contribution in [2.45, 2.75) is 26.3 Å². The van der Waals surface area contributed by atoms with Gasteiger partial charge in [-0.1, -0.05) is 43.3 Å². The number of aryl methyl sites for hydroxylation is 1. The Bertz CT molecular complexity index is 729. The number of hydrogen-bond donors (Lipinski definition) is 2. The fourth-order valence-electron chi connectivity index (χ4n) is 2.73. The monoisotopic (exact) mass is 265 g/mol. The lowest BCUT2D eigenvalue weighted by molar-refractivity contribution is 0.700. The summed E-state index contributed by atoms with van der Waals surface area (Å²) in [4.78, 5) is 0. The van der Waals surface area contributed by atoms with Gasteiger partial charge in [0.15, 0.2) is 0 Å². The van der Waals surface area contributed by atoms with Gasteiger partial charge in [-0.25, -0.2) is 0 Å². The molecule has 3 heteroatoms. The van der Waals surface area contributed by atoms with Gasteiger partial charge in [0, 0.05) is 17.0 Å². The fraction of sp³-hybridized carbons (Fsp3) is 0.235. The lowest BCUT2D eigenvalue weighted by atomic mass is 9.93. The number of nitrogens with zero attached hydrogens (tertiary/aromatic N) is 1. The summed E-state index contributed by atoms with van der Waals surface area (Å²) < 4.78 is 0. The molecule has 0 aliphatic rings. The van der Waals surface area contributed by atoms with Crippen molar-refractivity contribution in [1.29, 1.82) is 0 Å². The summed E-state index contributed by atoms with van der Waals surface area (Å²) in [5.74, 6) is 0. The molecule has 0 fully saturated rings. The van der Waals surface area contributed by atoms with Crippen molar-refractivity contribution < 1.29 is 0 Å². The molecule has 0 spiro atoms. The van der Waals surface area contributed by atoms with E-state index in [0.29, 0.717) is 0 Å². The number of nitrogens with one attached hydrogen (secondary N) is 1. The number of nitrogens with two attached hydrogens (primary N) is 1. The van der Waals surface area contributed by atoms with Crippen molar-refractivity contribution >= 4 is 10.9 Å². The molecule has 0 saturated heterocycles. The zero-order valence-electron chi connectivity index (χ0n) is 11.9. The maximum Gasteiger partial charge on any atom is 0.100 e. The summed E-state index contributed by atoms with van der Waals surface area (Å²) in [6.07, 6.45) is 0.916. The van der Waals surface area contributed by atoms with Crippen LogP contribution in [0.15, 0.2) is 42.5 Å². The quantitative estimate of drug-likeness (QED) is 0.753. The number of H-pyrrole nitrogens is 1. The number of hydrogen-bond acceptors (Lipinski definition) is 2. The minimum atomic E-state index is 0.0405. The molecule has 20 heavy (non-hydrogen) atoms. The van der Waals surface area contributed by atoms with Crippen molar-refractivity contribution in [2.75, 3.05) is 0 Å². The van der Waals surface area contributed by atoms with Crippen molar-refractivity contribution in [2.24, 2.45) is 5.73 Å². The lowest BCUT2D eigenvalue weighted by Gasteiger charge is -2.15. The first-order valence-corrected chi connectivity index (χ1v) is 7.01. The van der Waals surface area contributed by atoms with Gasteiger partial charge >= 0.3 is 0 Å². The van der Waals surface area contributed by atoms with Gasteiger partial charge in [0.05, 0.1) is 5.52 Å². The molecule has 1 aromatic heterocycles. The van der Waals surface area contributed by atoms with E-state index >= 15 is 0 Å². The van der Waals surface area contributed by atoms with Crippen LogP contribution in [-0.4, -0.2) is 10.2 Å². The topological polar surface area (TPSA) is 54.7 Å². The number of fused-ring (bicyclic) bond motifs is 1. The summed E-state index contributed by atoms with van der Waals surface area (Å²) in [5, 5.41) is 8.79. The third-order valence-corrected chi connectivity index (χ3v) is 3.85. The number of rotatable bonds is 3. The number of benzene rings is 2. The molecule has 0 aliphatic heterocycles. The van der Waals surface area contributed by atoms with Crippen LogP contribution in [0.2, 0.25) is 0 Å². The number of aromatic amines is 1. The van der Waals surface area contributed by atoms with E-state index in [4.69, 9.17) is 5.73 Å².